The molecule has 20 heavy (non-hydrogen) atoms. The van der Waals surface area contributed by atoms with Crippen LogP contribution in [0.15, 0.2) is 29.3 Å². The summed E-state index contributed by atoms with van der Waals surface area (Å²) >= 11 is 0. The average Bonchev–Trinajstić information content (AvgIpc) is 2.36. The molecule has 3 N–H and O–H groups in total. The first-order valence-corrected chi connectivity index (χ1v) is 6.84. The van der Waals surface area contributed by atoms with Crippen molar-refractivity contribution in [2.75, 3.05) is 13.6 Å². The standard InChI is InChI=1S/C15H26N4.HI/c1-5-19(4)11-14-8-6-7-13(9-14)10-17-15(16)18-12(2)3;/h6-9,12H,5,10-11H2,1-4H3,(H3,16,17,18);1H. The molecular formula is C15H27IN4. The molecule has 0 radical (unpaired) electrons. The molecule has 0 heterocycles. The number of hydrogen-bond acceptors (Lipinski definition) is 2. The van der Waals surface area contributed by atoms with Crippen LogP contribution in [0.3, 0.4) is 0 Å². The van der Waals surface area contributed by atoms with Gasteiger partial charge in [-0.25, -0.2) is 4.99 Å². The van der Waals surface area contributed by atoms with Crippen molar-refractivity contribution < 1.29 is 0 Å². The molecule has 4 nitrogen and oxygen atoms in total. The molecule has 5 heteroatoms. The Hall–Kier alpha value is -0.820. The zero-order valence-electron chi connectivity index (χ0n) is 12.9. The Kier molecular flexibility index (Phi) is 9.58. The molecule has 0 unspecified atom stereocenters. The fourth-order valence-electron chi connectivity index (χ4n) is 1.77. The second kappa shape index (κ2) is 9.99. The first-order valence-electron chi connectivity index (χ1n) is 6.84. The van der Waals surface area contributed by atoms with Gasteiger partial charge in [0.05, 0.1) is 6.54 Å². The van der Waals surface area contributed by atoms with E-state index >= 15 is 0 Å². The lowest BCUT2D eigenvalue weighted by molar-refractivity contribution is 0.345. The van der Waals surface area contributed by atoms with Crippen molar-refractivity contribution in [3.05, 3.63) is 35.4 Å². The highest BCUT2D eigenvalue weighted by atomic mass is 127. The van der Waals surface area contributed by atoms with Crippen molar-refractivity contribution >= 4 is 29.9 Å². The summed E-state index contributed by atoms with van der Waals surface area (Å²) in [5, 5.41) is 3.09. The molecule has 0 aromatic heterocycles. The van der Waals surface area contributed by atoms with Crippen LogP contribution in [0.2, 0.25) is 0 Å². The number of nitrogens with zero attached hydrogens (tertiary/aromatic N) is 2. The third-order valence-corrected chi connectivity index (χ3v) is 2.85. The summed E-state index contributed by atoms with van der Waals surface area (Å²) in [4.78, 5) is 6.62. The zero-order chi connectivity index (χ0) is 14.3. The predicted octanol–water partition coefficient (Wildman–Crippen LogP) is 2.57. The van der Waals surface area contributed by atoms with Crippen molar-refractivity contribution in [2.24, 2.45) is 10.7 Å². The number of aliphatic imine (C=N–C) groups is 1. The molecule has 0 aliphatic rings. The molecule has 1 aromatic carbocycles. The van der Waals surface area contributed by atoms with Gasteiger partial charge in [0, 0.05) is 12.6 Å². The van der Waals surface area contributed by atoms with E-state index in [0.717, 1.165) is 13.1 Å². The van der Waals surface area contributed by atoms with Crippen molar-refractivity contribution in [2.45, 2.75) is 39.9 Å². The van der Waals surface area contributed by atoms with Crippen LogP contribution < -0.4 is 11.1 Å². The summed E-state index contributed by atoms with van der Waals surface area (Å²) in [6.45, 7) is 8.89. The smallest absolute Gasteiger partial charge is 0.189 e. The number of halogens is 1. The second-order valence-electron chi connectivity index (χ2n) is 5.15. The van der Waals surface area contributed by atoms with Crippen molar-refractivity contribution in [3.63, 3.8) is 0 Å². The number of hydrogen-bond donors (Lipinski definition) is 2. The fourth-order valence-corrected chi connectivity index (χ4v) is 1.77. The summed E-state index contributed by atoms with van der Waals surface area (Å²) in [5.74, 6) is 0.506. The Bertz CT molecular complexity index is 418. The third-order valence-electron chi connectivity index (χ3n) is 2.85. The van der Waals surface area contributed by atoms with E-state index in [1.807, 2.05) is 13.8 Å². The van der Waals surface area contributed by atoms with Gasteiger partial charge in [-0.1, -0.05) is 31.2 Å². The summed E-state index contributed by atoms with van der Waals surface area (Å²) in [6.07, 6.45) is 0. The molecule has 0 aliphatic carbocycles. The normalized spacial score (nSPS) is 11.6. The van der Waals surface area contributed by atoms with E-state index in [2.05, 4.69) is 53.4 Å². The lowest BCUT2D eigenvalue weighted by Crippen LogP contribution is -2.36. The third kappa shape index (κ3) is 7.69. The summed E-state index contributed by atoms with van der Waals surface area (Å²) in [6, 6.07) is 8.82. The Morgan fingerprint density at radius 3 is 2.60 bits per heavy atom. The highest BCUT2D eigenvalue weighted by Gasteiger charge is 2.00. The highest BCUT2D eigenvalue weighted by Crippen LogP contribution is 2.08. The van der Waals surface area contributed by atoms with Crippen LogP contribution in [0.25, 0.3) is 0 Å². The summed E-state index contributed by atoms with van der Waals surface area (Å²) in [5.41, 5.74) is 8.30. The monoisotopic (exact) mass is 390 g/mol. The van der Waals surface area contributed by atoms with Crippen LogP contribution in [-0.2, 0) is 13.1 Å². The number of benzene rings is 1. The molecule has 0 aliphatic heterocycles. The van der Waals surface area contributed by atoms with E-state index in [1.165, 1.54) is 11.1 Å². The van der Waals surface area contributed by atoms with Gasteiger partial charge in [-0.2, -0.15) is 0 Å². The fraction of sp³-hybridized carbons (Fsp3) is 0.533. The van der Waals surface area contributed by atoms with Gasteiger partial charge in [-0.05, 0) is 38.6 Å². The maximum atomic E-state index is 5.79. The Labute approximate surface area is 139 Å². The molecule has 1 rings (SSSR count). The van der Waals surface area contributed by atoms with Gasteiger partial charge in [0.15, 0.2) is 5.96 Å². The zero-order valence-corrected chi connectivity index (χ0v) is 15.2. The van der Waals surface area contributed by atoms with Gasteiger partial charge in [0.1, 0.15) is 0 Å². The molecule has 114 valence electrons. The Morgan fingerprint density at radius 2 is 2.00 bits per heavy atom. The molecule has 0 fully saturated rings. The van der Waals surface area contributed by atoms with Gasteiger partial charge < -0.3 is 16.0 Å². The van der Waals surface area contributed by atoms with Gasteiger partial charge in [0.2, 0.25) is 0 Å². The lowest BCUT2D eigenvalue weighted by atomic mass is 10.1. The van der Waals surface area contributed by atoms with E-state index in [0.29, 0.717) is 18.5 Å². The summed E-state index contributed by atoms with van der Waals surface area (Å²) < 4.78 is 0. The van der Waals surface area contributed by atoms with Crippen LogP contribution in [0.4, 0.5) is 0 Å². The van der Waals surface area contributed by atoms with Gasteiger partial charge in [0.25, 0.3) is 0 Å². The minimum Gasteiger partial charge on any atom is -0.370 e. The second-order valence-corrected chi connectivity index (χ2v) is 5.15. The largest absolute Gasteiger partial charge is 0.370 e. The molecule has 0 saturated carbocycles. The van der Waals surface area contributed by atoms with Crippen LogP contribution in [0, 0.1) is 0 Å². The molecule has 0 bridgehead atoms. The topological polar surface area (TPSA) is 53.6 Å². The first kappa shape index (κ1) is 19.2. The first-order chi connectivity index (χ1) is 9.01. The quantitative estimate of drug-likeness (QED) is 0.446. The molecule has 0 spiro atoms. The Balaban J connectivity index is 0.00000361. The average molecular weight is 390 g/mol. The van der Waals surface area contributed by atoms with E-state index in [4.69, 9.17) is 5.73 Å². The van der Waals surface area contributed by atoms with Gasteiger partial charge in [-0.15, -0.1) is 24.0 Å². The van der Waals surface area contributed by atoms with E-state index in [1.54, 1.807) is 0 Å². The minimum atomic E-state index is 0. The van der Waals surface area contributed by atoms with Crippen molar-refractivity contribution in [1.29, 1.82) is 0 Å². The van der Waals surface area contributed by atoms with Crippen LogP contribution in [-0.4, -0.2) is 30.5 Å². The van der Waals surface area contributed by atoms with Crippen LogP contribution in [0.1, 0.15) is 31.9 Å². The molecule has 0 saturated heterocycles. The molecule has 0 atom stereocenters. The maximum Gasteiger partial charge on any atom is 0.189 e. The minimum absolute atomic E-state index is 0. The Morgan fingerprint density at radius 1 is 1.35 bits per heavy atom. The number of rotatable bonds is 6. The van der Waals surface area contributed by atoms with E-state index in [9.17, 15) is 0 Å². The number of guanidine groups is 1. The van der Waals surface area contributed by atoms with E-state index < -0.39 is 0 Å². The summed E-state index contributed by atoms with van der Waals surface area (Å²) in [7, 11) is 2.12. The highest BCUT2D eigenvalue weighted by molar-refractivity contribution is 14.0. The molecule has 1 aromatic rings. The van der Waals surface area contributed by atoms with E-state index in [-0.39, 0.29) is 24.0 Å². The lowest BCUT2D eigenvalue weighted by Gasteiger charge is -2.14. The maximum absolute atomic E-state index is 5.79. The van der Waals surface area contributed by atoms with Crippen molar-refractivity contribution in [3.8, 4) is 0 Å². The molecular weight excluding hydrogens is 363 g/mol. The van der Waals surface area contributed by atoms with Crippen LogP contribution >= 0.6 is 24.0 Å². The van der Waals surface area contributed by atoms with Gasteiger partial charge in [-0.3, -0.25) is 0 Å². The van der Waals surface area contributed by atoms with Crippen molar-refractivity contribution in [1.82, 2.24) is 10.2 Å². The number of nitrogens with two attached hydrogens (primary N) is 1. The van der Waals surface area contributed by atoms with Crippen LogP contribution in [0.5, 0.6) is 0 Å². The molecule has 0 amide bonds. The van der Waals surface area contributed by atoms with Gasteiger partial charge >= 0.3 is 0 Å². The SMILES string of the molecule is CCN(C)Cc1cccc(CN=C(N)NC(C)C)c1.I. The number of nitrogens with one attached hydrogen (secondary N) is 1. The predicted molar refractivity (Wildman–Crippen MR) is 97.5 cm³/mol.